The number of hydrogen-bond donors (Lipinski definition) is 3. The molecule has 11 heteroatoms. The number of phenols is 1. The van der Waals surface area contributed by atoms with Crippen LogP contribution in [0.5, 0.6) is 11.8 Å². The predicted molar refractivity (Wildman–Crippen MR) is 123 cm³/mol. The van der Waals surface area contributed by atoms with Crippen LogP contribution in [0.25, 0.3) is 11.0 Å². The number of hydrogen-bond acceptors (Lipinski definition) is 11. The highest BCUT2D eigenvalue weighted by atomic mass is 16.5. The zero-order valence-electron chi connectivity index (χ0n) is 18.3. The van der Waals surface area contributed by atoms with Gasteiger partial charge in [-0.25, -0.2) is 0 Å². The minimum atomic E-state index is 0.154. The smallest absolute Gasteiger partial charge is 0.320 e. The Morgan fingerprint density at radius 1 is 0.970 bits per heavy atom. The van der Waals surface area contributed by atoms with Crippen LogP contribution >= 0.6 is 0 Å². The van der Waals surface area contributed by atoms with Crippen molar-refractivity contribution in [3.05, 3.63) is 30.5 Å². The van der Waals surface area contributed by atoms with Crippen LogP contribution in [0.1, 0.15) is 0 Å². The average molecular weight is 457 g/mol. The summed E-state index contributed by atoms with van der Waals surface area (Å²) in [6.45, 7) is 7.45. The summed E-state index contributed by atoms with van der Waals surface area (Å²) in [5.74, 6) is 1.50. The molecule has 5 rings (SSSR count). The number of aromatic hydroxyl groups is 1. The van der Waals surface area contributed by atoms with E-state index < -0.39 is 0 Å². The highest BCUT2D eigenvalue weighted by molar-refractivity contribution is 5.91. The number of furan rings is 1. The molecule has 11 nitrogen and oxygen atoms in total. The Balaban J connectivity index is 1.29. The molecule has 0 saturated carbocycles. The molecule has 4 heterocycles. The maximum absolute atomic E-state index is 9.64. The number of nitrogens with zero attached hydrogens (tertiary/aromatic N) is 4. The fourth-order valence-corrected chi connectivity index (χ4v) is 3.83. The lowest BCUT2D eigenvalue weighted by Crippen LogP contribution is -2.39. The van der Waals surface area contributed by atoms with Gasteiger partial charge in [-0.1, -0.05) is 0 Å². The van der Waals surface area contributed by atoms with Crippen molar-refractivity contribution in [3.8, 4) is 11.8 Å². The molecule has 0 aliphatic carbocycles. The number of phenolic OH excluding ortho intramolecular Hbond substituents is 1. The van der Waals surface area contributed by atoms with E-state index in [1.165, 1.54) is 0 Å². The Bertz CT molecular complexity index is 1060. The van der Waals surface area contributed by atoms with Crippen molar-refractivity contribution in [1.29, 1.82) is 0 Å². The molecule has 0 bridgehead atoms. The van der Waals surface area contributed by atoms with Gasteiger partial charge in [-0.2, -0.15) is 9.97 Å². The molecule has 2 fully saturated rings. The van der Waals surface area contributed by atoms with Gasteiger partial charge in [0.25, 0.3) is 0 Å². The summed E-state index contributed by atoms with van der Waals surface area (Å²) >= 11 is 0. The molecule has 2 aliphatic heterocycles. The van der Waals surface area contributed by atoms with Crippen LogP contribution in [-0.2, 0) is 9.47 Å². The Morgan fingerprint density at radius 2 is 1.76 bits per heavy atom. The topological polar surface area (TPSA) is 117 Å². The lowest BCUT2D eigenvalue weighted by Gasteiger charge is -2.28. The number of hydrazine groups is 1. The molecule has 0 atom stereocenters. The standard InChI is InChI=1S/C22H28N6O5/c29-16-1-2-17-18(15-33-19(17)13-16)25-26-20-14-21(28-6-10-31-11-7-28)24-22(23-20)32-12-5-27-3-8-30-9-4-27/h1-2,13-15,25,29H,3-12H2,(H,23,24,26). The van der Waals surface area contributed by atoms with E-state index in [1.807, 2.05) is 6.07 Å². The van der Waals surface area contributed by atoms with Crippen LogP contribution in [0, 0.1) is 0 Å². The zero-order valence-corrected chi connectivity index (χ0v) is 18.3. The van der Waals surface area contributed by atoms with Crippen LogP contribution in [0.2, 0.25) is 0 Å². The van der Waals surface area contributed by atoms with Crippen LogP contribution < -0.4 is 20.5 Å². The van der Waals surface area contributed by atoms with Crippen molar-refractivity contribution in [3.63, 3.8) is 0 Å². The van der Waals surface area contributed by atoms with Gasteiger partial charge in [-0.05, 0) is 12.1 Å². The van der Waals surface area contributed by atoms with E-state index in [2.05, 4.69) is 30.6 Å². The van der Waals surface area contributed by atoms with Crippen LogP contribution in [0.15, 0.2) is 34.9 Å². The highest BCUT2D eigenvalue weighted by Gasteiger charge is 2.17. The molecule has 0 amide bonds. The van der Waals surface area contributed by atoms with E-state index in [4.69, 9.17) is 18.6 Å². The first-order chi connectivity index (χ1) is 16.2. The van der Waals surface area contributed by atoms with Gasteiger partial charge >= 0.3 is 6.01 Å². The van der Waals surface area contributed by atoms with Crippen molar-refractivity contribution in [2.24, 2.45) is 0 Å². The Kier molecular flexibility index (Phi) is 6.61. The first kappa shape index (κ1) is 21.6. The summed E-state index contributed by atoms with van der Waals surface area (Å²) in [6.07, 6.45) is 1.58. The van der Waals surface area contributed by atoms with E-state index in [0.29, 0.717) is 37.2 Å². The van der Waals surface area contributed by atoms with Gasteiger partial charge in [0.2, 0.25) is 0 Å². The Morgan fingerprint density at radius 3 is 2.58 bits per heavy atom. The predicted octanol–water partition coefficient (Wildman–Crippen LogP) is 1.91. The maximum Gasteiger partial charge on any atom is 0.320 e. The molecule has 0 radical (unpaired) electrons. The monoisotopic (exact) mass is 456 g/mol. The van der Waals surface area contributed by atoms with E-state index in [1.54, 1.807) is 24.5 Å². The van der Waals surface area contributed by atoms with Gasteiger partial charge < -0.3 is 28.6 Å². The summed E-state index contributed by atoms with van der Waals surface area (Å²) in [6, 6.07) is 7.17. The number of aromatic nitrogens is 2. The summed E-state index contributed by atoms with van der Waals surface area (Å²) in [4.78, 5) is 13.6. The molecule has 176 valence electrons. The molecular formula is C22H28N6O5. The average Bonchev–Trinajstić information content (AvgIpc) is 3.26. The van der Waals surface area contributed by atoms with Crippen molar-refractivity contribution in [2.45, 2.75) is 0 Å². The van der Waals surface area contributed by atoms with E-state index in [9.17, 15) is 5.11 Å². The first-order valence-electron chi connectivity index (χ1n) is 11.1. The third kappa shape index (κ3) is 5.38. The van der Waals surface area contributed by atoms with Gasteiger partial charge in [0.1, 0.15) is 35.7 Å². The molecule has 2 aromatic heterocycles. The molecule has 0 unspecified atom stereocenters. The van der Waals surface area contributed by atoms with E-state index >= 15 is 0 Å². The molecular weight excluding hydrogens is 428 g/mol. The normalized spacial score (nSPS) is 17.3. The Hall–Kier alpha value is -3.28. The van der Waals surface area contributed by atoms with Crippen LogP contribution in [0.4, 0.5) is 17.3 Å². The van der Waals surface area contributed by atoms with Crippen LogP contribution in [-0.4, -0.2) is 85.7 Å². The summed E-state index contributed by atoms with van der Waals surface area (Å²) in [5, 5.41) is 10.5. The highest BCUT2D eigenvalue weighted by Crippen LogP contribution is 2.29. The Labute approximate surface area is 191 Å². The number of rotatable bonds is 8. The van der Waals surface area contributed by atoms with Gasteiger partial charge in [0.15, 0.2) is 5.82 Å². The maximum atomic E-state index is 9.64. The SMILES string of the molecule is Oc1ccc2c(NNc3cc(N4CCOCC4)nc(OCCN4CCOCC4)n3)coc2c1. The summed E-state index contributed by atoms with van der Waals surface area (Å²) in [5.41, 5.74) is 7.57. The third-order valence-electron chi connectivity index (χ3n) is 5.65. The van der Waals surface area contributed by atoms with Gasteiger partial charge in [0.05, 0.1) is 26.4 Å². The second-order valence-corrected chi connectivity index (χ2v) is 7.88. The van der Waals surface area contributed by atoms with Crippen molar-refractivity contribution in [1.82, 2.24) is 14.9 Å². The number of nitrogens with one attached hydrogen (secondary N) is 2. The lowest BCUT2D eigenvalue weighted by molar-refractivity contribution is 0.0317. The van der Waals surface area contributed by atoms with E-state index in [0.717, 1.165) is 62.8 Å². The molecule has 2 saturated heterocycles. The molecule has 0 spiro atoms. The molecule has 33 heavy (non-hydrogen) atoms. The molecule has 1 aromatic carbocycles. The van der Waals surface area contributed by atoms with Crippen molar-refractivity contribution in [2.75, 3.05) is 81.5 Å². The van der Waals surface area contributed by atoms with Crippen molar-refractivity contribution >= 4 is 28.3 Å². The second-order valence-electron chi connectivity index (χ2n) is 7.88. The largest absolute Gasteiger partial charge is 0.508 e. The second kappa shape index (κ2) is 10.1. The summed E-state index contributed by atoms with van der Waals surface area (Å²) < 4.78 is 22.3. The number of morpholine rings is 2. The van der Waals surface area contributed by atoms with Gasteiger partial charge in [-0.15, -0.1) is 0 Å². The van der Waals surface area contributed by atoms with E-state index in [-0.39, 0.29) is 5.75 Å². The quantitative estimate of drug-likeness (QED) is 0.432. The first-order valence-corrected chi connectivity index (χ1v) is 11.1. The number of benzene rings is 1. The zero-order chi connectivity index (χ0) is 22.5. The number of fused-ring (bicyclic) bond motifs is 1. The fourth-order valence-electron chi connectivity index (χ4n) is 3.83. The molecule has 3 aromatic rings. The minimum Gasteiger partial charge on any atom is -0.508 e. The van der Waals surface area contributed by atoms with Gasteiger partial charge in [-0.3, -0.25) is 15.8 Å². The lowest BCUT2D eigenvalue weighted by atomic mass is 10.2. The molecule has 2 aliphatic rings. The van der Waals surface area contributed by atoms with Crippen molar-refractivity contribution < 1.29 is 23.7 Å². The fraction of sp³-hybridized carbons (Fsp3) is 0.455. The number of ether oxygens (including phenoxy) is 3. The summed E-state index contributed by atoms with van der Waals surface area (Å²) in [7, 11) is 0. The van der Waals surface area contributed by atoms with Gasteiger partial charge in [0, 0.05) is 50.2 Å². The third-order valence-corrected chi connectivity index (χ3v) is 5.65. The molecule has 3 N–H and O–H groups in total. The number of anilines is 3. The van der Waals surface area contributed by atoms with Crippen LogP contribution in [0.3, 0.4) is 0 Å². The minimum absolute atomic E-state index is 0.154.